The number of rotatable bonds is 3. The summed E-state index contributed by atoms with van der Waals surface area (Å²) in [5.74, 6) is 1.15. The standard InChI is InChI=1S/C11H17NO2/c1-8-5-10(14-4)6-9(11(8)13)7-12(2)3/h5-6,13H,7H2,1-4H3. The highest BCUT2D eigenvalue weighted by Gasteiger charge is 2.07. The zero-order valence-corrected chi connectivity index (χ0v) is 9.16. The normalized spacial score (nSPS) is 10.6. The number of hydrogen-bond donors (Lipinski definition) is 1. The lowest BCUT2D eigenvalue weighted by Crippen LogP contribution is -2.11. The maximum atomic E-state index is 9.78. The van der Waals surface area contributed by atoms with Gasteiger partial charge in [0.15, 0.2) is 0 Å². The van der Waals surface area contributed by atoms with Crippen LogP contribution >= 0.6 is 0 Å². The lowest BCUT2D eigenvalue weighted by atomic mass is 10.1. The molecule has 0 aromatic heterocycles. The first-order valence-corrected chi connectivity index (χ1v) is 4.55. The van der Waals surface area contributed by atoms with E-state index in [-0.39, 0.29) is 0 Å². The number of benzene rings is 1. The zero-order valence-electron chi connectivity index (χ0n) is 9.16. The van der Waals surface area contributed by atoms with Crippen molar-refractivity contribution in [3.63, 3.8) is 0 Å². The molecule has 1 aromatic rings. The molecule has 3 nitrogen and oxygen atoms in total. The molecule has 0 aliphatic rings. The fourth-order valence-electron chi connectivity index (χ4n) is 1.40. The van der Waals surface area contributed by atoms with Crippen LogP contribution in [0.5, 0.6) is 11.5 Å². The molecule has 0 heterocycles. The molecule has 0 aliphatic carbocycles. The van der Waals surface area contributed by atoms with E-state index in [1.54, 1.807) is 7.11 Å². The van der Waals surface area contributed by atoms with Gasteiger partial charge in [-0.25, -0.2) is 0 Å². The second-order valence-electron chi connectivity index (χ2n) is 3.69. The van der Waals surface area contributed by atoms with Gasteiger partial charge in [0.1, 0.15) is 11.5 Å². The summed E-state index contributed by atoms with van der Waals surface area (Å²) in [5.41, 5.74) is 1.74. The lowest BCUT2D eigenvalue weighted by Gasteiger charge is -2.14. The van der Waals surface area contributed by atoms with Crippen LogP contribution in [0.15, 0.2) is 12.1 Å². The molecule has 0 fully saturated rings. The van der Waals surface area contributed by atoms with Crippen LogP contribution < -0.4 is 4.74 Å². The Hall–Kier alpha value is -1.22. The van der Waals surface area contributed by atoms with Gasteiger partial charge >= 0.3 is 0 Å². The van der Waals surface area contributed by atoms with Crippen molar-refractivity contribution in [1.29, 1.82) is 0 Å². The van der Waals surface area contributed by atoms with Crippen LogP contribution in [0.25, 0.3) is 0 Å². The fraction of sp³-hybridized carbons (Fsp3) is 0.455. The van der Waals surface area contributed by atoms with Crippen LogP contribution in [0.2, 0.25) is 0 Å². The maximum Gasteiger partial charge on any atom is 0.123 e. The van der Waals surface area contributed by atoms with E-state index in [9.17, 15) is 5.11 Å². The van der Waals surface area contributed by atoms with Crippen LogP contribution in [-0.4, -0.2) is 31.2 Å². The fourth-order valence-corrected chi connectivity index (χ4v) is 1.40. The molecule has 0 aliphatic heterocycles. The van der Waals surface area contributed by atoms with Gasteiger partial charge in [0.05, 0.1) is 7.11 Å². The number of methoxy groups -OCH3 is 1. The van der Waals surface area contributed by atoms with E-state index in [2.05, 4.69) is 0 Å². The Morgan fingerprint density at radius 3 is 2.50 bits per heavy atom. The van der Waals surface area contributed by atoms with Crippen molar-refractivity contribution >= 4 is 0 Å². The maximum absolute atomic E-state index is 9.78. The summed E-state index contributed by atoms with van der Waals surface area (Å²) in [6.45, 7) is 2.58. The first-order chi connectivity index (χ1) is 6.54. The van der Waals surface area contributed by atoms with Gasteiger partial charge in [-0.2, -0.15) is 0 Å². The number of phenols is 1. The first-order valence-electron chi connectivity index (χ1n) is 4.55. The van der Waals surface area contributed by atoms with E-state index in [4.69, 9.17) is 4.74 Å². The van der Waals surface area contributed by atoms with Gasteiger partial charge in [-0.05, 0) is 38.7 Å². The molecule has 0 bridgehead atoms. The van der Waals surface area contributed by atoms with Crippen molar-refractivity contribution in [2.45, 2.75) is 13.5 Å². The molecule has 78 valence electrons. The van der Waals surface area contributed by atoms with Crippen LogP contribution in [0, 0.1) is 6.92 Å². The quantitative estimate of drug-likeness (QED) is 0.797. The third-order valence-corrected chi connectivity index (χ3v) is 2.08. The van der Waals surface area contributed by atoms with E-state index < -0.39 is 0 Å². The van der Waals surface area contributed by atoms with E-state index in [1.807, 2.05) is 38.1 Å². The van der Waals surface area contributed by atoms with Crippen molar-refractivity contribution < 1.29 is 9.84 Å². The molecule has 1 aromatic carbocycles. The van der Waals surface area contributed by atoms with Gasteiger partial charge in [-0.3, -0.25) is 0 Å². The predicted molar refractivity (Wildman–Crippen MR) is 56.8 cm³/mol. The Morgan fingerprint density at radius 2 is 2.00 bits per heavy atom. The molecule has 0 unspecified atom stereocenters. The van der Waals surface area contributed by atoms with Crippen molar-refractivity contribution in [2.75, 3.05) is 21.2 Å². The number of aryl methyl sites for hydroxylation is 1. The minimum absolute atomic E-state index is 0.361. The Labute approximate surface area is 84.9 Å². The largest absolute Gasteiger partial charge is 0.507 e. The van der Waals surface area contributed by atoms with Crippen molar-refractivity contribution in [3.05, 3.63) is 23.3 Å². The number of phenolic OH excluding ortho intramolecular Hbond substituents is 1. The average molecular weight is 195 g/mol. The summed E-state index contributed by atoms with van der Waals surface area (Å²) < 4.78 is 5.14. The van der Waals surface area contributed by atoms with Crippen molar-refractivity contribution in [2.24, 2.45) is 0 Å². The molecule has 0 saturated carbocycles. The summed E-state index contributed by atoms with van der Waals surface area (Å²) in [6.07, 6.45) is 0. The number of ether oxygens (including phenoxy) is 1. The lowest BCUT2D eigenvalue weighted by molar-refractivity contribution is 0.378. The monoisotopic (exact) mass is 195 g/mol. The van der Waals surface area contributed by atoms with E-state index >= 15 is 0 Å². The van der Waals surface area contributed by atoms with Gasteiger partial charge in [-0.1, -0.05) is 0 Å². The Balaban J connectivity index is 3.07. The Morgan fingerprint density at radius 1 is 1.36 bits per heavy atom. The molecule has 0 atom stereocenters. The first kappa shape index (κ1) is 10.9. The second-order valence-corrected chi connectivity index (χ2v) is 3.69. The third kappa shape index (κ3) is 2.39. The predicted octanol–water partition coefficient (Wildman–Crippen LogP) is 1.77. The summed E-state index contributed by atoms with van der Waals surface area (Å²) in [6, 6.07) is 3.69. The summed E-state index contributed by atoms with van der Waals surface area (Å²) >= 11 is 0. The number of nitrogens with zero attached hydrogens (tertiary/aromatic N) is 1. The van der Waals surface area contributed by atoms with Crippen LogP contribution in [0.4, 0.5) is 0 Å². The summed E-state index contributed by atoms with van der Waals surface area (Å²) in [4.78, 5) is 2.01. The molecule has 0 amide bonds. The van der Waals surface area contributed by atoms with Crippen LogP contribution in [-0.2, 0) is 6.54 Å². The minimum Gasteiger partial charge on any atom is -0.507 e. The second kappa shape index (κ2) is 4.33. The van der Waals surface area contributed by atoms with Crippen LogP contribution in [0.3, 0.4) is 0 Å². The van der Waals surface area contributed by atoms with Gasteiger partial charge in [0.25, 0.3) is 0 Å². The highest BCUT2D eigenvalue weighted by molar-refractivity contribution is 5.45. The molecule has 1 N–H and O–H groups in total. The highest BCUT2D eigenvalue weighted by Crippen LogP contribution is 2.28. The van der Waals surface area contributed by atoms with Gasteiger partial charge in [0, 0.05) is 12.1 Å². The summed E-state index contributed by atoms with van der Waals surface area (Å²) in [7, 11) is 5.56. The average Bonchev–Trinajstić information content (AvgIpc) is 2.11. The Kier molecular flexibility index (Phi) is 3.36. The van der Waals surface area contributed by atoms with E-state index in [1.165, 1.54) is 0 Å². The van der Waals surface area contributed by atoms with Gasteiger partial charge in [-0.15, -0.1) is 0 Å². The van der Waals surface area contributed by atoms with Crippen molar-refractivity contribution in [1.82, 2.24) is 4.90 Å². The number of hydrogen-bond acceptors (Lipinski definition) is 3. The smallest absolute Gasteiger partial charge is 0.123 e. The van der Waals surface area contributed by atoms with E-state index in [0.29, 0.717) is 12.3 Å². The van der Waals surface area contributed by atoms with Gasteiger partial charge in [0.2, 0.25) is 0 Å². The molecule has 0 radical (unpaired) electrons. The SMILES string of the molecule is COc1cc(C)c(O)c(CN(C)C)c1. The molecule has 0 saturated heterocycles. The van der Waals surface area contributed by atoms with Crippen LogP contribution in [0.1, 0.15) is 11.1 Å². The topological polar surface area (TPSA) is 32.7 Å². The molecular weight excluding hydrogens is 178 g/mol. The van der Waals surface area contributed by atoms with Crippen molar-refractivity contribution in [3.8, 4) is 11.5 Å². The Bertz CT molecular complexity index is 321. The van der Waals surface area contributed by atoms with E-state index in [0.717, 1.165) is 16.9 Å². The molecule has 0 spiro atoms. The number of aromatic hydroxyl groups is 1. The molecule has 3 heteroatoms. The minimum atomic E-state index is 0.361. The highest BCUT2D eigenvalue weighted by atomic mass is 16.5. The zero-order chi connectivity index (χ0) is 10.7. The summed E-state index contributed by atoms with van der Waals surface area (Å²) in [5, 5.41) is 9.78. The molecule has 14 heavy (non-hydrogen) atoms. The van der Waals surface area contributed by atoms with Gasteiger partial charge < -0.3 is 14.7 Å². The third-order valence-electron chi connectivity index (χ3n) is 2.08. The molecular formula is C11H17NO2. The molecule has 1 rings (SSSR count).